The van der Waals surface area contributed by atoms with Crippen molar-refractivity contribution in [3.63, 3.8) is 0 Å². The number of likely N-dealkylation sites (tertiary alicyclic amines) is 1. The molecule has 1 saturated heterocycles. The number of nitrogens with two attached hydrogens (primary N) is 1. The number of hydrogen-bond donors (Lipinski definition) is 2. The van der Waals surface area contributed by atoms with Gasteiger partial charge in [-0.05, 0) is 18.4 Å². The fourth-order valence-corrected chi connectivity index (χ4v) is 3.05. The molecule has 1 aromatic carbocycles. The third kappa shape index (κ3) is 4.89. The maximum absolute atomic E-state index is 5.86. The molecule has 2 aromatic rings. The Labute approximate surface area is 149 Å². The molecular weight excluding hydrogens is 312 g/mol. The van der Waals surface area contributed by atoms with E-state index in [1.165, 1.54) is 5.56 Å². The Bertz CT molecular complexity index is 687. The average molecular weight is 340 g/mol. The minimum Gasteiger partial charge on any atom is -0.368 e. The van der Waals surface area contributed by atoms with Crippen LogP contribution in [0.2, 0.25) is 0 Å². The lowest BCUT2D eigenvalue weighted by molar-refractivity contribution is 0.211. The van der Waals surface area contributed by atoms with Crippen LogP contribution in [0.3, 0.4) is 0 Å². The summed E-state index contributed by atoms with van der Waals surface area (Å²) in [4.78, 5) is 15.6. The third-order valence-electron chi connectivity index (χ3n) is 4.49. The smallest absolute Gasteiger partial charge is 0.227 e. The first-order valence-electron chi connectivity index (χ1n) is 8.95. The number of piperidine rings is 1. The average Bonchev–Trinajstić information content (AvgIpc) is 2.56. The number of anilines is 2. The first kappa shape index (κ1) is 17.6. The summed E-state index contributed by atoms with van der Waals surface area (Å²) in [7, 11) is 0. The van der Waals surface area contributed by atoms with Crippen LogP contribution in [0.15, 0.2) is 30.3 Å². The maximum atomic E-state index is 5.86. The van der Waals surface area contributed by atoms with E-state index in [2.05, 4.69) is 76.3 Å². The van der Waals surface area contributed by atoms with Crippen molar-refractivity contribution in [2.24, 2.45) is 0 Å². The Balaban J connectivity index is 1.56. The van der Waals surface area contributed by atoms with E-state index in [1.807, 2.05) is 0 Å². The number of aromatic nitrogens is 3. The van der Waals surface area contributed by atoms with Gasteiger partial charge in [0.2, 0.25) is 11.9 Å². The fraction of sp³-hybridized carbons (Fsp3) is 0.526. The molecule has 3 rings (SSSR count). The van der Waals surface area contributed by atoms with E-state index in [1.54, 1.807) is 0 Å². The predicted molar refractivity (Wildman–Crippen MR) is 101 cm³/mol. The van der Waals surface area contributed by atoms with Crippen molar-refractivity contribution < 1.29 is 0 Å². The van der Waals surface area contributed by atoms with Gasteiger partial charge in [0.15, 0.2) is 0 Å². The van der Waals surface area contributed by atoms with E-state index >= 15 is 0 Å². The molecule has 134 valence electrons. The van der Waals surface area contributed by atoms with E-state index in [0.717, 1.165) is 38.3 Å². The molecule has 2 heterocycles. The molecule has 0 amide bonds. The van der Waals surface area contributed by atoms with E-state index in [0.29, 0.717) is 12.0 Å². The topological polar surface area (TPSA) is 80.0 Å². The molecule has 0 atom stereocenters. The Morgan fingerprint density at radius 1 is 1.08 bits per heavy atom. The predicted octanol–water partition coefficient (Wildman–Crippen LogP) is 2.83. The summed E-state index contributed by atoms with van der Waals surface area (Å²) >= 11 is 0. The summed E-state index contributed by atoms with van der Waals surface area (Å²) in [5.41, 5.74) is 7.08. The highest BCUT2D eigenvalue weighted by Crippen LogP contribution is 2.21. The van der Waals surface area contributed by atoms with Crippen LogP contribution < -0.4 is 11.1 Å². The third-order valence-corrected chi connectivity index (χ3v) is 4.49. The molecule has 1 aliphatic rings. The molecule has 0 radical (unpaired) electrons. The van der Waals surface area contributed by atoms with Crippen molar-refractivity contribution in [1.82, 2.24) is 19.9 Å². The molecular formula is C19H28N6. The minimum atomic E-state index is -0.146. The fourth-order valence-electron chi connectivity index (χ4n) is 3.05. The molecule has 1 aromatic heterocycles. The second kappa shape index (κ2) is 7.35. The van der Waals surface area contributed by atoms with E-state index in [-0.39, 0.29) is 11.4 Å². The standard InChI is InChI=1S/C19H28N6/c1-19(2,3)16-22-17(20)24-18(23-16)21-15-9-11-25(12-10-15)13-14-7-5-4-6-8-14/h4-8,15H,9-13H2,1-3H3,(H3,20,21,22,23,24). The van der Waals surface area contributed by atoms with Gasteiger partial charge in [0.1, 0.15) is 5.82 Å². The van der Waals surface area contributed by atoms with Gasteiger partial charge >= 0.3 is 0 Å². The Hall–Kier alpha value is -2.21. The van der Waals surface area contributed by atoms with Gasteiger partial charge in [-0.15, -0.1) is 0 Å². The lowest BCUT2D eigenvalue weighted by atomic mass is 9.96. The Kier molecular flexibility index (Phi) is 5.18. The van der Waals surface area contributed by atoms with Gasteiger partial charge in [-0.1, -0.05) is 51.1 Å². The van der Waals surface area contributed by atoms with Crippen LogP contribution in [0.1, 0.15) is 45.0 Å². The zero-order valence-corrected chi connectivity index (χ0v) is 15.4. The van der Waals surface area contributed by atoms with Crippen molar-refractivity contribution in [2.45, 2.75) is 51.6 Å². The lowest BCUT2D eigenvalue weighted by Crippen LogP contribution is -2.39. The number of nitrogens with zero attached hydrogens (tertiary/aromatic N) is 4. The van der Waals surface area contributed by atoms with Crippen molar-refractivity contribution in [3.05, 3.63) is 41.7 Å². The molecule has 0 unspecified atom stereocenters. The quantitative estimate of drug-likeness (QED) is 0.891. The van der Waals surface area contributed by atoms with Crippen LogP contribution in [0.4, 0.5) is 11.9 Å². The summed E-state index contributed by atoms with van der Waals surface area (Å²) in [6.45, 7) is 9.38. The molecule has 3 N–H and O–H groups in total. The van der Waals surface area contributed by atoms with Gasteiger partial charge in [-0.2, -0.15) is 15.0 Å². The highest BCUT2D eigenvalue weighted by atomic mass is 15.2. The molecule has 1 aliphatic heterocycles. The van der Waals surface area contributed by atoms with Crippen LogP contribution in [0, 0.1) is 0 Å². The summed E-state index contributed by atoms with van der Waals surface area (Å²) < 4.78 is 0. The van der Waals surface area contributed by atoms with Crippen molar-refractivity contribution in [1.29, 1.82) is 0 Å². The van der Waals surface area contributed by atoms with Crippen molar-refractivity contribution in [2.75, 3.05) is 24.1 Å². The molecule has 6 nitrogen and oxygen atoms in total. The van der Waals surface area contributed by atoms with Crippen LogP contribution in [0.25, 0.3) is 0 Å². The molecule has 0 aliphatic carbocycles. The number of nitrogens with one attached hydrogen (secondary N) is 1. The first-order valence-corrected chi connectivity index (χ1v) is 8.95. The Morgan fingerprint density at radius 3 is 2.40 bits per heavy atom. The first-order chi connectivity index (χ1) is 11.9. The van der Waals surface area contributed by atoms with Gasteiger partial charge in [-0.25, -0.2) is 0 Å². The van der Waals surface area contributed by atoms with Crippen molar-refractivity contribution in [3.8, 4) is 0 Å². The second-order valence-electron chi connectivity index (χ2n) is 7.77. The molecule has 0 bridgehead atoms. The van der Waals surface area contributed by atoms with Gasteiger partial charge < -0.3 is 11.1 Å². The van der Waals surface area contributed by atoms with Crippen LogP contribution in [-0.4, -0.2) is 39.0 Å². The van der Waals surface area contributed by atoms with E-state index in [9.17, 15) is 0 Å². The molecule has 6 heteroatoms. The Morgan fingerprint density at radius 2 is 1.76 bits per heavy atom. The molecule has 1 fully saturated rings. The number of benzene rings is 1. The molecule has 0 saturated carbocycles. The number of hydrogen-bond acceptors (Lipinski definition) is 6. The monoisotopic (exact) mass is 340 g/mol. The van der Waals surface area contributed by atoms with E-state index in [4.69, 9.17) is 5.73 Å². The van der Waals surface area contributed by atoms with Crippen LogP contribution in [0.5, 0.6) is 0 Å². The largest absolute Gasteiger partial charge is 0.368 e. The summed E-state index contributed by atoms with van der Waals surface area (Å²) in [5, 5.41) is 3.45. The van der Waals surface area contributed by atoms with Gasteiger partial charge in [-0.3, -0.25) is 4.90 Å². The van der Waals surface area contributed by atoms with Gasteiger partial charge in [0.05, 0.1) is 0 Å². The summed E-state index contributed by atoms with van der Waals surface area (Å²) in [5.74, 6) is 1.60. The highest BCUT2D eigenvalue weighted by molar-refractivity contribution is 5.33. The SMILES string of the molecule is CC(C)(C)c1nc(N)nc(NC2CCN(Cc3ccccc3)CC2)n1. The highest BCUT2D eigenvalue weighted by Gasteiger charge is 2.22. The molecule has 25 heavy (non-hydrogen) atoms. The molecule has 0 spiro atoms. The lowest BCUT2D eigenvalue weighted by Gasteiger charge is -2.32. The summed E-state index contributed by atoms with van der Waals surface area (Å²) in [6, 6.07) is 11.0. The summed E-state index contributed by atoms with van der Waals surface area (Å²) in [6.07, 6.45) is 2.15. The van der Waals surface area contributed by atoms with Crippen LogP contribution in [-0.2, 0) is 12.0 Å². The number of nitrogen functional groups attached to an aromatic ring is 1. The van der Waals surface area contributed by atoms with Gasteiger partial charge in [0, 0.05) is 31.1 Å². The maximum Gasteiger partial charge on any atom is 0.227 e. The zero-order valence-electron chi connectivity index (χ0n) is 15.4. The second-order valence-corrected chi connectivity index (χ2v) is 7.77. The minimum absolute atomic E-state index is 0.146. The van der Waals surface area contributed by atoms with Gasteiger partial charge in [0.25, 0.3) is 0 Å². The normalized spacial score (nSPS) is 16.8. The number of rotatable bonds is 4. The van der Waals surface area contributed by atoms with Crippen molar-refractivity contribution >= 4 is 11.9 Å². The zero-order chi connectivity index (χ0) is 17.9. The van der Waals surface area contributed by atoms with E-state index < -0.39 is 0 Å². The van der Waals surface area contributed by atoms with Crippen LogP contribution >= 0.6 is 0 Å².